The molecular weight excluding hydrogens is 297 g/mol. The molecule has 0 aromatic heterocycles. The molecule has 1 unspecified atom stereocenters. The maximum atomic E-state index is 13.5. The van der Waals surface area contributed by atoms with E-state index in [-0.39, 0.29) is 30.6 Å². The Hall–Kier alpha value is -1.67. The fourth-order valence-electron chi connectivity index (χ4n) is 1.55. The molecule has 1 rings (SSSR count). The van der Waals surface area contributed by atoms with Crippen LogP contribution in [0.5, 0.6) is 0 Å². The molecule has 0 aliphatic carbocycles. The van der Waals surface area contributed by atoms with E-state index in [9.17, 15) is 17.6 Å². The van der Waals surface area contributed by atoms with Crippen molar-refractivity contribution >= 4 is 21.6 Å². The number of hydrogen-bond acceptors (Lipinski definition) is 4. The second kappa shape index (κ2) is 7.37. The minimum Gasteiger partial charge on any atom is -0.399 e. The number of halogens is 1. The van der Waals surface area contributed by atoms with Gasteiger partial charge in [-0.3, -0.25) is 4.79 Å². The van der Waals surface area contributed by atoms with Crippen LogP contribution in [0, 0.1) is 5.82 Å². The third kappa shape index (κ3) is 5.31. The molecule has 4 N–H and O–H groups in total. The highest BCUT2D eigenvalue weighted by Gasteiger charge is 2.19. The molecule has 0 spiro atoms. The number of benzene rings is 1. The van der Waals surface area contributed by atoms with E-state index in [0.717, 1.165) is 18.6 Å². The van der Waals surface area contributed by atoms with Crippen LogP contribution in [0.1, 0.15) is 26.7 Å². The van der Waals surface area contributed by atoms with Crippen LogP contribution < -0.4 is 15.8 Å². The van der Waals surface area contributed by atoms with Crippen LogP contribution in [0.3, 0.4) is 0 Å². The summed E-state index contributed by atoms with van der Waals surface area (Å²) in [5, 5.41) is 2.71. The Labute approximate surface area is 124 Å². The van der Waals surface area contributed by atoms with Crippen molar-refractivity contribution in [3.05, 3.63) is 24.0 Å². The van der Waals surface area contributed by atoms with Crippen LogP contribution in [0.25, 0.3) is 0 Å². The highest BCUT2D eigenvalue weighted by atomic mass is 32.2. The number of carbonyl (C=O) groups excluding carboxylic acids is 1. The number of nitrogens with two attached hydrogens (primary N) is 1. The van der Waals surface area contributed by atoms with Gasteiger partial charge in [-0.25, -0.2) is 17.5 Å². The Kier molecular flexibility index (Phi) is 6.10. The number of sulfonamides is 1. The van der Waals surface area contributed by atoms with Crippen molar-refractivity contribution in [1.29, 1.82) is 0 Å². The molecular formula is C13H20FN3O3S. The number of anilines is 1. The Morgan fingerprint density at radius 2 is 2.10 bits per heavy atom. The summed E-state index contributed by atoms with van der Waals surface area (Å²) in [7, 11) is -4.03. The lowest BCUT2D eigenvalue weighted by Crippen LogP contribution is -2.35. The molecule has 0 fully saturated rings. The molecule has 1 amide bonds. The van der Waals surface area contributed by atoms with E-state index in [2.05, 4.69) is 10.0 Å². The molecule has 6 nitrogen and oxygen atoms in total. The zero-order valence-electron chi connectivity index (χ0n) is 12.0. The van der Waals surface area contributed by atoms with Crippen molar-refractivity contribution in [2.75, 3.05) is 12.3 Å². The molecule has 0 heterocycles. The number of hydrogen-bond donors (Lipinski definition) is 3. The van der Waals surface area contributed by atoms with Crippen molar-refractivity contribution in [3.63, 3.8) is 0 Å². The number of amides is 1. The van der Waals surface area contributed by atoms with E-state index in [4.69, 9.17) is 5.73 Å². The van der Waals surface area contributed by atoms with E-state index < -0.39 is 20.7 Å². The van der Waals surface area contributed by atoms with E-state index in [0.29, 0.717) is 0 Å². The first kappa shape index (κ1) is 17.4. The van der Waals surface area contributed by atoms with Gasteiger partial charge in [-0.15, -0.1) is 0 Å². The van der Waals surface area contributed by atoms with Crippen molar-refractivity contribution in [3.8, 4) is 0 Å². The molecule has 0 saturated heterocycles. The van der Waals surface area contributed by atoms with Gasteiger partial charge in [0.2, 0.25) is 15.9 Å². The van der Waals surface area contributed by atoms with Crippen LogP contribution in [0.2, 0.25) is 0 Å². The average molecular weight is 317 g/mol. The molecule has 0 aliphatic heterocycles. The van der Waals surface area contributed by atoms with E-state index in [1.807, 2.05) is 13.8 Å². The number of nitrogen functional groups attached to an aromatic ring is 1. The Balaban J connectivity index is 2.62. The molecule has 0 saturated carbocycles. The van der Waals surface area contributed by atoms with Crippen molar-refractivity contribution < 1.29 is 17.6 Å². The summed E-state index contributed by atoms with van der Waals surface area (Å²) in [5.41, 5.74) is 5.59. The molecule has 118 valence electrons. The maximum absolute atomic E-state index is 13.5. The third-order valence-corrected chi connectivity index (χ3v) is 4.38. The minimum absolute atomic E-state index is 0.0203. The van der Waals surface area contributed by atoms with E-state index in [1.54, 1.807) is 0 Å². The number of carbonyl (C=O) groups is 1. The first-order valence-electron chi connectivity index (χ1n) is 6.60. The van der Waals surface area contributed by atoms with Gasteiger partial charge >= 0.3 is 0 Å². The highest BCUT2D eigenvalue weighted by Crippen LogP contribution is 2.17. The average Bonchev–Trinajstić information content (AvgIpc) is 2.40. The molecule has 0 radical (unpaired) electrons. The number of nitrogens with one attached hydrogen (secondary N) is 2. The van der Waals surface area contributed by atoms with Crippen LogP contribution in [0.4, 0.5) is 10.1 Å². The van der Waals surface area contributed by atoms with Crippen molar-refractivity contribution in [1.82, 2.24) is 10.0 Å². The van der Waals surface area contributed by atoms with Gasteiger partial charge in [0.1, 0.15) is 10.7 Å². The van der Waals surface area contributed by atoms with Crippen LogP contribution in [-0.4, -0.2) is 26.9 Å². The fraction of sp³-hybridized carbons (Fsp3) is 0.462. The van der Waals surface area contributed by atoms with Crippen LogP contribution >= 0.6 is 0 Å². The SMILES string of the molecule is CCC(C)NC(=O)CCNS(=O)(=O)c1cc(N)ccc1F. The standard InChI is InChI=1S/C13H20FN3O3S/c1-3-9(2)17-13(18)6-7-16-21(19,20)12-8-10(15)4-5-11(12)14/h4-5,8-9,16H,3,6-7,15H2,1-2H3,(H,17,18). The normalized spacial score (nSPS) is 12.9. The molecule has 0 bridgehead atoms. The van der Waals surface area contributed by atoms with Crippen molar-refractivity contribution in [2.45, 2.75) is 37.6 Å². The van der Waals surface area contributed by atoms with Gasteiger partial charge in [0.15, 0.2) is 0 Å². The summed E-state index contributed by atoms with van der Waals surface area (Å²) in [4.78, 5) is 11.0. The maximum Gasteiger partial charge on any atom is 0.243 e. The molecule has 0 aliphatic rings. The van der Waals surface area contributed by atoms with Crippen LogP contribution in [0.15, 0.2) is 23.1 Å². The quantitative estimate of drug-likeness (QED) is 0.653. The lowest BCUT2D eigenvalue weighted by Gasteiger charge is -2.12. The summed E-state index contributed by atoms with van der Waals surface area (Å²) < 4.78 is 39.5. The Morgan fingerprint density at radius 3 is 2.71 bits per heavy atom. The van der Waals surface area contributed by atoms with Gasteiger partial charge in [0.25, 0.3) is 0 Å². The van der Waals surface area contributed by atoms with Crippen LogP contribution in [-0.2, 0) is 14.8 Å². The van der Waals surface area contributed by atoms with Gasteiger partial charge in [-0.05, 0) is 31.5 Å². The molecule has 1 aromatic rings. The summed E-state index contributed by atoms with van der Waals surface area (Å²) in [6, 6.07) is 3.32. The van der Waals surface area contributed by atoms with E-state index >= 15 is 0 Å². The third-order valence-electron chi connectivity index (χ3n) is 2.91. The second-order valence-corrected chi connectivity index (χ2v) is 6.45. The zero-order chi connectivity index (χ0) is 16.0. The topological polar surface area (TPSA) is 101 Å². The lowest BCUT2D eigenvalue weighted by atomic mass is 10.2. The lowest BCUT2D eigenvalue weighted by molar-refractivity contribution is -0.121. The van der Waals surface area contributed by atoms with Crippen molar-refractivity contribution in [2.24, 2.45) is 0 Å². The number of rotatable bonds is 7. The molecule has 1 aromatic carbocycles. The Bertz CT molecular complexity index is 605. The second-order valence-electron chi connectivity index (χ2n) is 4.71. The molecule has 1 atom stereocenters. The fourth-order valence-corrected chi connectivity index (χ4v) is 2.69. The zero-order valence-corrected chi connectivity index (χ0v) is 12.8. The first-order valence-corrected chi connectivity index (χ1v) is 8.08. The van der Waals surface area contributed by atoms with Gasteiger partial charge in [0.05, 0.1) is 0 Å². The smallest absolute Gasteiger partial charge is 0.243 e. The predicted octanol–water partition coefficient (Wildman–Crippen LogP) is 0.991. The predicted molar refractivity (Wildman–Crippen MR) is 78.5 cm³/mol. The first-order chi connectivity index (χ1) is 9.76. The van der Waals surface area contributed by atoms with Gasteiger partial charge < -0.3 is 11.1 Å². The highest BCUT2D eigenvalue weighted by molar-refractivity contribution is 7.89. The monoisotopic (exact) mass is 317 g/mol. The summed E-state index contributed by atoms with van der Waals surface area (Å²) in [6.45, 7) is 3.67. The molecule has 21 heavy (non-hydrogen) atoms. The summed E-state index contributed by atoms with van der Waals surface area (Å²) in [5.74, 6) is -1.15. The summed E-state index contributed by atoms with van der Waals surface area (Å²) >= 11 is 0. The minimum atomic E-state index is -4.03. The molecule has 8 heteroatoms. The Morgan fingerprint density at radius 1 is 1.43 bits per heavy atom. The van der Waals surface area contributed by atoms with Gasteiger partial charge in [0, 0.05) is 24.7 Å². The van der Waals surface area contributed by atoms with Gasteiger partial charge in [-0.2, -0.15) is 0 Å². The summed E-state index contributed by atoms with van der Waals surface area (Å²) in [6.07, 6.45) is 0.763. The van der Waals surface area contributed by atoms with E-state index in [1.165, 1.54) is 6.07 Å². The van der Waals surface area contributed by atoms with Gasteiger partial charge in [-0.1, -0.05) is 6.92 Å². The largest absolute Gasteiger partial charge is 0.399 e.